The van der Waals surface area contributed by atoms with Crippen LogP contribution in [0.1, 0.15) is 40.5 Å². The number of imide groups is 1. The van der Waals surface area contributed by atoms with Crippen LogP contribution in [0.2, 0.25) is 0 Å². The van der Waals surface area contributed by atoms with Gasteiger partial charge in [-0.1, -0.05) is 30.3 Å². The van der Waals surface area contributed by atoms with Gasteiger partial charge in [-0.3, -0.25) is 19.3 Å². The second-order valence-corrected chi connectivity index (χ2v) is 10.1. The fraction of sp³-hybridized carbons (Fsp3) is 0.276. The van der Waals surface area contributed by atoms with Gasteiger partial charge < -0.3 is 10.5 Å². The van der Waals surface area contributed by atoms with E-state index in [2.05, 4.69) is 4.98 Å². The second-order valence-electron chi connectivity index (χ2n) is 10.1. The number of fused-ring (bicyclic) bond motifs is 2. The molecule has 3 atom stereocenters. The maximum atomic E-state index is 13.9. The fourth-order valence-corrected chi connectivity index (χ4v) is 5.34. The third-order valence-corrected chi connectivity index (χ3v) is 7.58. The summed E-state index contributed by atoms with van der Waals surface area (Å²) in [5.74, 6) is -2.29. The Balaban J connectivity index is 1.49. The molecular formula is C29H24F4N4O5. The highest BCUT2D eigenvalue weighted by atomic mass is 19.4. The van der Waals surface area contributed by atoms with Crippen molar-refractivity contribution in [1.82, 2.24) is 14.8 Å². The van der Waals surface area contributed by atoms with E-state index < -0.39 is 54.3 Å². The molecule has 218 valence electrons. The first-order chi connectivity index (χ1) is 19.9. The van der Waals surface area contributed by atoms with Gasteiger partial charge >= 0.3 is 12.3 Å². The molecule has 5 rings (SSSR count). The Kier molecular flexibility index (Phi) is 7.31. The van der Waals surface area contributed by atoms with Crippen LogP contribution in [0, 0.1) is 5.82 Å². The van der Waals surface area contributed by atoms with Gasteiger partial charge in [-0.15, -0.1) is 0 Å². The van der Waals surface area contributed by atoms with Crippen LogP contribution in [0.15, 0.2) is 60.7 Å². The number of benzene rings is 2. The average Bonchev–Trinajstić information content (AvgIpc) is 3.44. The van der Waals surface area contributed by atoms with Gasteiger partial charge in [-0.05, 0) is 54.8 Å². The maximum absolute atomic E-state index is 13.9. The monoisotopic (exact) mass is 584 g/mol. The van der Waals surface area contributed by atoms with E-state index in [0.717, 1.165) is 19.1 Å². The predicted molar refractivity (Wildman–Crippen MR) is 139 cm³/mol. The SMILES string of the molecule is C[C@H](N(Cc1ccc(F)cc1)C(C=O)N1C(=O)O[C@@]2(CCc3cc(-c4cccc(C(N)=O)n4)ccc32)C1=O)C(F)(F)F. The lowest BCUT2D eigenvalue weighted by Crippen LogP contribution is -2.58. The number of nitrogens with two attached hydrogens (primary N) is 1. The molecule has 2 N–H and O–H groups in total. The third-order valence-electron chi connectivity index (χ3n) is 7.58. The number of halogens is 4. The van der Waals surface area contributed by atoms with Gasteiger partial charge in [-0.2, -0.15) is 13.2 Å². The minimum Gasteiger partial charge on any atom is -0.427 e. The van der Waals surface area contributed by atoms with Gasteiger partial charge in [0.05, 0.1) is 5.69 Å². The summed E-state index contributed by atoms with van der Waals surface area (Å²) >= 11 is 0. The van der Waals surface area contributed by atoms with Crippen LogP contribution >= 0.6 is 0 Å². The Bertz CT molecular complexity index is 1580. The number of pyridine rings is 1. The Labute approximate surface area is 236 Å². The van der Waals surface area contributed by atoms with E-state index >= 15 is 0 Å². The van der Waals surface area contributed by atoms with Crippen molar-refractivity contribution in [3.8, 4) is 11.3 Å². The molecule has 1 saturated heterocycles. The first-order valence-electron chi connectivity index (χ1n) is 12.8. The molecule has 1 fully saturated rings. The lowest BCUT2D eigenvalue weighted by atomic mass is 9.93. The van der Waals surface area contributed by atoms with E-state index in [9.17, 15) is 36.7 Å². The van der Waals surface area contributed by atoms with E-state index in [1.807, 2.05) is 0 Å². The van der Waals surface area contributed by atoms with Gasteiger partial charge in [0.1, 0.15) is 17.6 Å². The van der Waals surface area contributed by atoms with Crippen molar-refractivity contribution in [3.05, 3.63) is 88.9 Å². The van der Waals surface area contributed by atoms with Crippen LogP contribution in [0.3, 0.4) is 0 Å². The van der Waals surface area contributed by atoms with E-state index in [4.69, 9.17) is 10.5 Å². The quantitative estimate of drug-likeness (QED) is 0.313. The normalized spacial score (nSPS) is 19.6. The molecule has 2 heterocycles. The summed E-state index contributed by atoms with van der Waals surface area (Å²) in [5, 5.41) is 0. The molecule has 1 unspecified atom stereocenters. The van der Waals surface area contributed by atoms with Crippen molar-refractivity contribution < 1.29 is 41.5 Å². The number of hydrogen-bond donors (Lipinski definition) is 1. The number of carbonyl (C=O) groups excluding carboxylic acids is 4. The summed E-state index contributed by atoms with van der Waals surface area (Å²) in [7, 11) is 0. The van der Waals surface area contributed by atoms with Gasteiger partial charge in [-0.25, -0.2) is 19.1 Å². The number of ether oxygens (including phenoxy) is 1. The Morgan fingerprint density at radius 2 is 1.88 bits per heavy atom. The van der Waals surface area contributed by atoms with Gasteiger partial charge in [0.25, 0.3) is 11.8 Å². The molecule has 3 aromatic rings. The molecule has 3 amide bonds. The molecule has 2 aliphatic rings. The average molecular weight is 585 g/mol. The third kappa shape index (κ3) is 5.00. The molecule has 42 heavy (non-hydrogen) atoms. The molecular weight excluding hydrogens is 560 g/mol. The molecule has 0 bridgehead atoms. The predicted octanol–water partition coefficient (Wildman–Crippen LogP) is 4.08. The molecule has 2 aromatic carbocycles. The number of aryl methyl sites for hydroxylation is 1. The van der Waals surface area contributed by atoms with Crippen molar-refractivity contribution in [2.45, 2.75) is 50.3 Å². The summed E-state index contributed by atoms with van der Waals surface area (Å²) in [4.78, 5) is 56.1. The molecule has 9 nitrogen and oxygen atoms in total. The maximum Gasteiger partial charge on any atom is 0.419 e. The molecule has 1 aliphatic carbocycles. The number of alkyl halides is 3. The number of aldehydes is 1. The largest absolute Gasteiger partial charge is 0.427 e. The molecule has 1 aromatic heterocycles. The fourth-order valence-electron chi connectivity index (χ4n) is 5.34. The first kappa shape index (κ1) is 28.9. The van der Waals surface area contributed by atoms with E-state index in [-0.39, 0.29) is 30.4 Å². The van der Waals surface area contributed by atoms with Gasteiger partial charge in [0, 0.05) is 24.1 Å². The van der Waals surface area contributed by atoms with Crippen molar-refractivity contribution in [2.75, 3.05) is 0 Å². The topological polar surface area (TPSA) is 123 Å². The highest BCUT2D eigenvalue weighted by Crippen LogP contribution is 2.47. The molecule has 0 radical (unpaired) electrons. The minimum atomic E-state index is -4.83. The van der Waals surface area contributed by atoms with Crippen molar-refractivity contribution >= 4 is 24.2 Å². The van der Waals surface area contributed by atoms with E-state index in [0.29, 0.717) is 32.2 Å². The number of aromatic nitrogens is 1. The number of hydrogen-bond acceptors (Lipinski definition) is 7. The van der Waals surface area contributed by atoms with Crippen LogP contribution in [-0.4, -0.2) is 57.4 Å². The van der Waals surface area contributed by atoms with Crippen LogP contribution in [0.25, 0.3) is 11.3 Å². The molecule has 0 saturated carbocycles. The van der Waals surface area contributed by atoms with Crippen LogP contribution in [0.4, 0.5) is 22.4 Å². The lowest BCUT2D eigenvalue weighted by Gasteiger charge is -2.37. The molecule has 1 aliphatic heterocycles. The molecule has 1 spiro atoms. The first-order valence-corrected chi connectivity index (χ1v) is 12.8. The van der Waals surface area contributed by atoms with E-state index in [1.54, 1.807) is 30.3 Å². The van der Waals surface area contributed by atoms with Gasteiger partial charge in [0.15, 0.2) is 12.5 Å². The zero-order valence-electron chi connectivity index (χ0n) is 22.1. The summed E-state index contributed by atoms with van der Waals surface area (Å²) in [6.45, 7) is 0.279. The van der Waals surface area contributed by atoms with Crippen molar-refractivity contribution in [3.63, 3.8) is 0 Å². The number of amides is 3. The lowest BCUT2D eigenvalue weighted by molar-refractivity contribution is -0.193. The zero-order chi connectivity index (χ0) is 30.4. The summed E-state index contributed by atoms with van der Waals surface area (Å²) in [6, 6.07) is 11.9. The number of nitrogens with zero attached hydrogens (tertiary/aromatic N) is 3. The Morgan fingerprint density at radius 3 is 2.52 bits per heavy atom. The Morgan fingerprint density at radius 1 is 1.17 bits per heavy atom. The van der Waals surface area contributed by atoms with Crippen molar-refractivity contribution in [1.29, 1.82) is 0 Å². The molecule has 13 heteroatoms. The van der Waals surface area contributed by atoms with E-state index in [1.165, 1.54) is 18.2 Å². The minimum absolute atomic E-state index is 0.0000220. The van der Waals surface area contributed by atoms with Gasteiger partial charge in [0.2, 0.25) is 5.60 Å². The standard InChI is InChI=1S/C29H24F4N4O5/c1-16(29(31,32)33)36(14-17-5-8-20(30)9-6-17)24(15-38)37-26(40)28(42-27(37)41)12-11-18-13-19(7-10-21(18)28)22-3-2-4-23(35-22)25(34)39/h2-10,13,15-16,24H,11-12,14H2,1H3,(H2,34,39)/t16-,24?,28+/m0/s1. The summed E-state index contributed by atoms with van der Waals surface area (Å²) in [5.41, 5.74) is 5.75. The van der Waals surface area contributed by atoms with Crippen LogP contribution < -0.4 is 5.73 Å². The van der Waals surface area contributed by atoms with Crippen LogP contribution in [-0.2, 0) is 32.9 Å². The summed E-state index contributed by atoms with van der Waals surface area (Å²) < 4.78 is 60.7. The number of primary amides is 1. The number of carbonyl (C=O) groups is 4. The van der Waals surface area contributed by atoms with Crippen molar-refractivity contribution in [2.24, 2.45) is 5.73 Å². The second kappa shape index (κ2) is 10.6. The number of rotatable bonds is 8. The highest BCUT2D eigenvalue weighted by molar-refractivity contribution is 6.06. The highest BCUT2D eigenvalue weighted by Gasteiger charge is 2.61. The smallest absolute Gasteiger partial charge is 0.419 e. The zero-order valence-corrected chi connectivity index (χ0v) is 22.1. The Hall–Kier alpha value is -4.65. The van der Waals surface area contributed by atoms with Crippen LogP contribution in [0.5, 0.6) is 0 Å². The summed E-state index contributed by atoms with van der Waals surface area (Å²) in [6.07, 6.45) is -7.70.